The molecule has 2 atom stereocenters. The lowest BCUT2D eigenvalue weighted by molar-refractivity contribution is 0.0720. The third-order valence-electron chi connectivity index (χ3n) is 7.32. The molecule has 1 saturated carbocycles. The lowest BCUT2D eigenvalue weighted by Crippen LogP contribution is -2.23. The van der Waals surface area contributed by atoms with Gasteiger partial charge >= 0.3 is 0 Å². The third-order valence-corrected chi connectivity index (χ3v) is 7.32. The summed E-state index contributed by atoms with van der Waals surface area (Å²) in [5, 5.41) is 0. The number of hydrogen-bond acceptors (Lipinski definition) is 2. The average molecular weight is 485 g/mol. The lowest BCUT2D eigenvalue weighted by Gasteiger charge is -2.27. The molecule has 0 radical (unpaired) electrons. The maximum atomic E-state index is 15.0. The number of allylic oxidation sites excluding steroid dienone is 2. The van der Waals surface area contributed by atoms with Crippen molar-refractivity contribution < 1.29 is 22.6 Å². The highest BCUT2D eigenvalue weighted by atomic mass is 19.2. The van der Waals surface area contributed by atoms with Gasteiger partial charge < -0.3 is 9.47 Å². The summed E-state index contributed by atoms with van der Waals surface area (Å²) >= 11 is 0. The minimum Gasteiger partial charge on any atom is -0.493 e. The molecule has 2 aromatic rings. The minimum atomic E-state index is -0.801. The molecule has 5 heteroatoms. The van der Waals surface area contributed by atoms with Crippen LogP contribution < -0.4 is 4.74 Å². The van der Waals surface area contributed by atoms with Crippen LogP contribution in [0, 0.1) is 23.5 Å². The molecule has 0 heterocycles. The maximum absolute atomic E-state index is 15.0. The van der Waals surface area contributed by atoms with E-state index in [4.69, 9.17) is 9.47 Å². The second-order valence-electron chi connectivity index (χ2n) is 9.62. The second-order valence-corrected chi connectivity index (χ2v) is 9.62. The van der Waals surface area contributed by atoms with Gasteiger partial charge in [-0.15, -0.1) is 0 Å². The van der Waals surface area contributed by atoms with Crippen LogP contribution in [0.4, 0.5) is 13.2 Å². The van der Waals surface area contributed by atoms with Crippen LogP contribution in [0.25, 0.3) is 11.1 Å². The lowest BCUT2D eigenvalue weighted by atomic mass is 9.78. The van der Waals surface area contributed by atoms with Crippen molar-refractivity contribution in [3.05, 3.63) is 77.7 Å². The summed E-state index contributed by atoms with van der Waals surface area (Å²) in [5.74, 6) is -0.843. The Morgan fingerprint density at radius 2 is 1.63 bits per heavy atom. The van der Waals surface area contributed by atoms with Crippen molar-refractivity contribution in [2.75, 3.05) is 13.2 Å². The van der Waals surface area contributed by atoms with Gasteiger partial charge in [0.2, 0.25) is 0 Å². The van der Waals surface area contributed by atoms with Gasteiger partial charge in [0.1, 0.15) is 11.6 Å². The van der Waals surface area contributed by atoms with Crippen LogP contribution in [-0.2, 0) is 4.74 Å². The Balaban J connectivity index is 1.38. The highest BCUT2D eigenvalue weighted by Crippen LogP contribution is 2.39. The van der Waals surface area contributed by atoms with Gasteiger partial charge in [0.25, 0.3) is 0 Å². The predicted molar refractivity (Wildman–Crippen MR) is 134 cm³/mol. The number of ether oxygens (including phenoxy) is 2. The fraction of sp³-hybridized carbons (Fsp3) is 0.467. The largest absolute Gasteiger partial charge is 0.493 e. The maximum Gasteiger partial charge on any atom is 0.166 e. The molecule has 1 fully saturated rings. The molecule has 2 aromatic carbocycles. The fourth-order valence-electron chi connectivity index (χ4n) is 5.33. The third kappa shape index (κ3) is 6.19. The Kier molecular flexibility index (Phi) is 8.72. The van der Waals surface area contributed by atoms with E-state index >= 15 is 8.78 Å². The van der Waals surface area contributed by atoms with E-state index in [2.05, 4.69) is 12.2 Å². The van der Waals surface area contributed by atoms with Crippen LogP contribution in [-0.4, -0.2) is 19.3 Å². The van der Waals surface area contributed by atoms with Gasteiger partial charge in [0.05, 0.1) is 12.7 Å². The summed E-state index contributed by atoms with van der Waals surface area (Å²) in [6, 6.07) is 10.3. The topological polar surface area (TPSA) is 18.5 Å². The molecule has 35 heavy (non-hydrogen) atoms. The van der Waals surface area contributed by atoms with E-state index in [1.165, 1.54) is 0 Å². The fourth-order valence-corrected chi connectivity index (χ4v) is 5.33. The zero-order valence-corrected chi connectivity index (χ0v) is 20.6. The molecule has 4 rings (SSSR count). The van der Waals surface area contributed by atoms with Crippen molar-refractivity contribution in [1.82, 2.24) is 0 Å². The highest BCUT2D eigenvalue weighted by Gasteiger charge is 2.26. The summed E-state index contributed by atoms with van der Waals surface area (Å²) in [5.41, 5.74) is 1.31. The first-order valence-corrected chi connectivity index (χ1v) is 12.8. The van der Waals surface area contributed by atoms with Crippen LogP contribution in [0.1, 0.15) is 63.9 Å². The van der Waals surface area contributed by atoms with E-state index in [1.807, 2.05) is 13.8 Å². The van der Waals surface area contributed by atoms with Crippen LogP contribution in [0.5, 0.6) is 5.75 Å². The van der Waals surface area contributed by atoms with E-state index in [0.717, 1.165) is 32.1 Å². The Morgan fingerprint density at radius 3 is 2.29 bits per heavy atom. The van der Waals surface area contributed by atoms with Crippen LogP contribution >= 0.6 is 0 Å². The molecule has 0 saturated heterocycles. The molecular weight excluding hydrogens is 449 g/mol. The second kappa shape index (κ2) is 11.9. The summed E-state index contributed by atoms with van der Waals surface area (Å²) in [6.07, 6.45) is 10.9. The van der Waals surface area contributed by atoms with Gasteiger partial charge in [-0.05, 0) is 93.5 Å². The molecule has 0 N–H and O–H groups in total. The van der Waals surface area contributed by atoms with E-state index in [9.17, 15) is 4.39 Å². The molecule has 188 valence electrons. The molecule has 2 aliphatic carbocycles. The molecular formula is C30H35F3O2. The van der Waals surface area contributed by atoms with Crippen molar-refractivity contribution in [3.63, 3.8) is 0 Å². The van der Waals surface area contributed by atoms with Crippen molar-refractivity contribution in [3.8, 4) is 16.9 Å². The van der Waals surface area contributed by atoms with E-state index in [0.29, 0.717) is 35.8 Å². The van der Waals surface area contributed by atoms with Crippen LogP contribution in [0.2, 0.25) is 0 Å². The van der Waals surface area contributed by atoms with Crippen molar-refractivity contribution >= 4 is 0 Å². The zero-order valence-electron chi connectivity index (χ0n) is 20.6. The van der Waals surface area contributed by atoms with Gasteiger partial charge in [-0.2, -0.15) is 0 Å². The normalized spacial score (nSPS) is 25.0. The van der Waals surface area contributed by atoms with E-state index in [-0.39, 0.29) is 35.9 Å². The molecule has 0 amide bonds. The number of benzene rings is 2. The summed E-state index contributed by atoms with van der Waals surface area (Å²) in [6.45, 7) is 4.71. The molecule has 2 unspecified atom stereocenters. The SMILES string of the molecule is C/C=C/C1CCC(c2ccc(-c3ccc(OCC4CCC(OCC)C=C4F)cc3)c(F)c2F)CC1. The predicted octanol–water partition coefficient (Wildman–Crippen LogP) is 8.53. The molecule has 0 bridgehead atoms. The Labute approximate surface area is 206 Å². The summed E-state index contributed by atoms with van der Waals surface area (Å²) in [7, 11) is 0. The molecule has 2 nitrogen and oxygen atoms in total. The monoisotopic (exact) mass is 484 g/mol. The van der Waals surface area contributed by atoms with Crippen molar-refractivity contribution in [2.24, 2.45) is 11.8 Å². The van der Waals surface area contributed by atoms with Gasteiger partial charge in [-0.25, -0.2) is 13.2 Å². The van der Waals surface area contributed by atoms with E-state index in [1.54, 1.807) is 42.5 Å². The van der Waals surface area contributed by atoms with Gasteiger partial charge in [-0.1, -0.05) is 36.4 Å². The summed E-state index contributed by atoms with van der Waals surface area (Å²) in [4.78, 5) is 0. The highest BCUT2D eigenvalue weighted by molar-refractivity contribution is 5.65. The molecule has 0 aliphatic heterocycles. The first kappa shape index (κ1) is 25.6. The number of hydrogen-bond donors (Lipinski definition) is 0. The molecule has 2 aliphatic rings. The first-order chi connectivity index (χ1) is 17.0. The van der Waals surface area contributed by atoms with E-state index < -0.39 is 11.6 Å². The number of halogens is 3. The Morgan fingerprint density at radius 1 is 0.886 bits per heavy atom. The van der Waals surface area contributed by atoms with Crippen LogP contribution in [0.3, 0.4) is 0 Å². The first-order valence-electron chi connectivity index (χ1n) is 12.8. The Hall–Kier alpha value is -2.53. The quantitative estimate of drug-likeness (QED) is 0.350. The zero-order chi connectivity index (χ0) is 24.8. The van der Waals surface area contributed by atoms with Gasteiger partial charge in [-0.3, -0.25) is 0 Å². The Bertz CT molecular complexity index is 1040. The van der Waals surface area contributed by atoms with Crippen LogP contribution in [0.15, 0.2) is 60.5 Å². The number of rotatable bonds is 8. The molecule has 0 spiro atoms. The van der Waals surface area contributed by atoms with Crippen molar-refractivity contribution in [1.29, 1.82) is 0 Å². The minimum absolute atomic E-state index is 0.0638. The average Bonchev–Trinajstić information content (AvgIpc) is 2.87. The smallest absolute Gasteiger partial charge is 0.166 e. The van der Waals surface area contributed by atoms with Gasteiger partial charge in [0, 0.05) is 18.1 Å². The summed E-state index contributed by atoms with van der Waals surface area (Å²) < 4.78 is 55.7. The standard InChI is InChI=1S/C30H35F3O2/c1-3-5-20-6-8-21(9-7-20)26-16-17-27(30(33)29(26)32)22-10-13-24(14-11-22)35-19-23-12-15-25(34-4-2)18-28(23)31/h3,5,10-11,13-14,16-18,20-21,23,25H,4,6-9,12,15,19H2,1-2H3/b5-3+. The van der Waals surface area contributed by atoms with Crippen molar-refractivity contribution in [2.45, 2.75) is 64.4 Å². The van der Waals surface area contributed by atoms with Gasteiger partial charge in [0.15, 0.2) is 11.6 Å². The molecule has 0 aromatic heterocycles.